The third-order valence-electron chi connectivity index (χ3n) is 3.32. The highest BCUT2D eigenvalue weighted by atomic mass is 35.5. The van der Waals surface area contributed by atoms with Gasteiger partial charge in [0.2, 0.25) is 5.88 Å². The fourth-order valence-electron chi connectivity index (χ4n) is 1.95. The van der Waals surface area contributed by atoms with Gasteiger partial charge in [0.05, 0.1) is 18.7 Å². The van der Waals surface area contributed by atoms with E-state index in [4.69, 9.17) is 31.3 Å². The molecule has 29 heavy (non-hydrogen) atoms. The predicted molar refractivity (Wildman–Crippen MR) is 95.8 cm³/mol. The third kappa shape index (κ3) is 6.74. The van der Waals surface area contributed by atoms with Gasteiger partial charge in [-0.25, -0.2) is 9.78 Å². The molecule has 154 valence electrons. The van der Waals surface area contributed by atoms with E-state index >= 15 is 0 Å². The molecule has 0 bridgehead atoms. The summed E-state index contributed by atoms with van der Waals surface area (Å²) in [6, 6.07) is 6.61. The second-order valence-electron chi connectivity index (χ2n) is 5.46. The van der Waals surface area contributed by atoms with Crippen LogP contribution in [0.3, 0.4) is 0 Å². The smallest absolute Gasteiger partial charge is 0.417 e. The van der Waals surface area contributed by atoms with Crippen molar-refractivity contribution >= 4 is 17.6 Å². The maximum Gasteiger partial charge on any atom is 0.417 e. The van der Waals surface area contributed by atoms with E-state index in [1.54, 1.807) is 0 Å². The topological polar surface area (TPSA) is 106 Å². The first-order chi connectivity index (χ1) is 13.7. The van der Waals surface area contributed by atoms with Crippen LogP contribution in [-0.4, -0.2) is 30.2 Å². The van der Waals surface area contributed by atoms with E-state index in [1.807, 2.05) is 0 Å². The van der Waals surface area contributed by atoms with Crippen LogP contribution in [-0.2, 0) is 15.7 Å². The van der Waals surface area contributed by atoms with Crippen LogP contribution in [0.5, 0.6) is 17.4 Å². The van der Waals surface area contributed by atoms with E-state index < -0.39 is 23.8 Å². The van der Waals surface area contributed by atoms with Gasteiger partial charge < -0.3 is 14.2 Å². The molecule has 1 atom stereocenters. The van der Waals surface area contributed by atoms with Crippen LogP contribution in [0.1, 0.15) is 12.5 Å². The zero-order valence-corrected chi connectivity index (χ0v) is 15.6. The van der Waals surface area contributed by atoms with Crippen molar-refractivity contribution < 1.29 is 32.2 Å². The highest BCUT2D eigenvalue weighted by Gasteiger charge is 2.31. The molecule has 0 aliphatic carbocycles. The zero-order valence-electron chi connectivity index (χ0n) is 14.9. The standard InChI is InChI=1S/C17H14ClF3N4O4/c1-10(16(26)27-7-6-24-25-22)28-12-2-4-13(5-3-12)29-15-14(18)8-11(9-23-15)17(19,20)21/h2-5,8-10H,6-7H2,1H3. The molecule has 1 aromatic heterocycles. The number of halogens is 4. The van der Waals surface area contributed by atoms with Gasteiger partial charge in [0.25, 0.3) is 0 Å². The number of benzene rings is 1. The van der Waals surface area contributed by atoms with Gasteiger partial charge in [-0.15, -0.1) is 0 Å². The van der Waals surface area contributed by atoms with Crippen LogP contribution in [0, 0.1) is 0 Å². The van der Waals surface area contributed by atoms with Gasteiger partial charge in [0.1, 0.15) is 16.5 Å². The molecule has 2 aromatic rings. The maximum atomic E-state index is 12.6. The molecular formula is C17H14ClF3N4O4. The lowest BCUT2D eigenvalue weighted by Crippen LogP contribution is -2.26. The quantitative estimate of drug-likeness (QED) is 0.189. The van der Waals surface area contributed by atoms with Crippen LogP contribution >= 0.6 is 11.6 Å². The monoisotopic (exact) mass is 430 g/mol. The number of hydrogen-bond acceptors (Lipinski definition) is 6. The average Bonchev–Trinajstić information content (AvgIpc) is 2.67. The van der Waals surface area contributed by atoms with Crippen molar-refractivity contribution in [2.45, 2.75) is 19.2 Å². The third-order valence-corrected chi connectivity index (χ3v) is 3.59. The molecule has 1 unspecified atom stereocenters. The normalized spacial score (nSPS) is 11.9. The number of rotatable bonds is 8. The number of alkyl halides is 3. The van der Waals surface area contributed by atoms with Crippen LogP contribution < -0.4 is 9.47 Å². The number of nitrogens with zero attached hydrogens (tertiary/aromatic N) is 4. The Labute approximate surface area is 167 Å². The van der Waals surface area contributed by atoms with Crippen molar-refractivity contribution in [1.82, 2.24) is 4.98 Å². The molecule has 8 nitrogen and oxygen atoms in total. The second-order valence-corrected chi connectivity index (χ2v) is 5.87. The van der Waals surface area contributed by atoms with Crippen molar-refractivity contribution in [2.24, 2.45) is 5.11 Å². The molecule has 0 fully saturated rings. The molecule has 0 amide bonds. The van der Waals surface area contributed by atoms with Crippen molar-refractivity contribution in [3.8, 4) is 17.4 Å². The Hall–Kier alpha value is -3.17. The molecule has 0 N–H and O–H groups in total. The maximum absolute atomic E-state index is 12.6. The Morgan fingerprint density at radius 1 is 1.31 bits per heavy atom. The molecule has 0 saturated carbocycles. The van der Waals surface area contributed by atoms with Gasteiger partial charge in [0, 0.05) is 11.1 Å². The Bertz CT molecular complexity index is 903. The number of hydrogen-bond donors (Lipinski definition) is 0. The summed E-state index contributed by atoms with van der Waals surface area (Å²) in [5.41, 5.74) is 7.15. The first kappa shape index (κ1) is 22.1. The summed E-state index contributed by atoms with van der Waals surface area (Å²) >= 11 is 5.79. The number of ether oxygens (including phenoxy) is 3. The number of azide groups is 1. The fourth-order valence-corrected chi connectivity index (χ4v) is 2.16. The van der Waals surface area contributed by atoms with E-state index in [1.165, 1.54) is 31.2 Å². The van der Waals surface area contributed by atoms with Gasteiger partial charge in [-0.2, -0.15) is 13.2 Å². The van der Waals surface area contributed by atoms with Crippen molar-refractivity contribution in [1.29, 1.82) is 0 Å². The molecule has 0 saturated heterocycles. The fraction of sp³-hybridized carbons (Fsp3) is 0.294. The lowest BCUT2D eigenvalue weighted by molar-refractivity contribution is -0.150. The first-order valence-corrected chi connectivity index (χ1v) is 8.43. The minimum absolute atomic E-state index is 0.0154. The van der Waals surface area contributed by atoms with Gasteiger partial charge >= 0.3 is 12.1 Å². The lowest BCUT2D eigenvalue weighted by atomic mass is 10.3. The zero-order chi connectivity index (χ0) is 21.4. The molecule has 1 aromatic carbocycles. The summed E-state index contributed by atoms with van der Waals surface area (Å²) in [5, 5.41) is 2.94. The molecule has 12 heteroatoms. The van der Waals surface area contributed by atoms with Crippen LogP contribution in [0.4, 0.5) is 13.2 Å². The predicted octanol–water partition coefficient (Wildman–Crippen LogP) is 5.17. The molecule has 0 aliphatic heterocycles. The van der Waals surface area contributed by atoms with Crippen molar-refractivity contribution in [3.05, 3.63) is 57.6 Å². The first-order valence-electron chi connectivity index (χ1n) is 8.05. The Balaban J connectivity index is 1.95. The van der Waals surface area contributed by atoms with Crippen LogP contribution in [0.15, 0.2) is 41.6 Å². The lowest BCUT2D eigenvalue weighted by Gasteiger charge is -2.14. The van der Waals surface area contributed by atoms with E-state index in [0.717, 1.165) is 6.07 Å². The molecule has 0 radical (unpaired) electrons. The number of esters is 1. The number of aromatic nitrogens is 1. The van der Waals surface area contributed by atoms with Gasteiger partial charge in [-0.3, -0.25) is 0 Å². The summed E-state index contributed by atoms with van der Waals surface area (Å²) in [5.74, 6) is -0.260. The van der Waals surface area contributed by atoms with E-state index in [0.29, 0.717) is 11.9 Å². The van der Waals surface area contributed by atoms with E-state index in [9.17, 15) is 18.0 Å². The summed E-state index contributed by atoms with van der Waals surface area (Å²) < 4.78 is 53.5. The van der Waals surface area contributed by atoms with Gasteiger partial charge in [-0.1, -0.05) is 16.7 Å². The number of pyridine rings is 1. The number of carbonyl (C=O) groups excluding carboxylic acids is 1. The molecular weight excluding hydrogens is 417 g/mol. The van der Waals surface area contributed by atoms with E-state index in [-0.39, 0.29) is 29.8 Å². The molecule has 1 heterocycles. The van der Waals surface area contributed by atoms with Crippen molar-refractivity contribution in [2.75, 3.05) is 13.2 Å². The van der Waals surface area contributed by atoms with E-state index in [2.05, 4.69) is 15.0 Å². The van der Waals surface area contributed by atoms with Crippen molar-refractivity contribution in [3.63, 3.8) is 0 Å². The summed E-state index contributed by atoms with van der Waals surface area (Å²) in [6.45, 7) is 1.43. The Kier molecular flexibility index (Phi) is 7.52. The molecule has 2 rings (SSSR count). The highest BCUT2D eigenvalue weighted by molar-refractivity contribution is 6.31. The van der Waals surface area contributed by atoms with Crippen LogP contribution in [0.2, 0.25) is 5.02 Å². The Morgan fingerprint density at radius 2 is 1.97 bits per heavy atom. The minimum atomic E-state index is -4.56. The summed E-state index contributed by atoms with van der Waals surface area (Å²) in [7, 11) is 0. The molecule has 0 spiro atoms. The highest BCUT2D eigenvalue weighted by Crippen LogP contribution is 2.34. The second kappa shape index (κ2) is 9.85. The number of carbonyl (C=O) groups is 1. The average molecular weight is 431 g/mol. The largest absolute Gasteiger partial charge is 0.479 e. The molecule has 0 aliphatic rings. The Morgan fingerprint density at radius 3 is 2.55 bits per heavy atom. The van der Waals surface area contributed by atoms with Gasteiger partial charge in [-0.05, 0) is 42.8 Å². The SMILES string of the molecule is CC(Oc1ccc(Oc2ncc(C(F)(F)F)cc2Cl)cc1)C(=O)OCCN=[N+]=[N-]. The van der Waals surface area contributed by atoms with Gasteiger partial charge in [0.15, 0.2) is 6.10 Å². The summed E-state index contributed by atoms with van der Waals surface area (Å²) in [4.78, 5) is 17.9. The summed E-state index contributed by atoms with van der Waals surface area (Å²) in [6.07, 6.45) is -4.86. The van der Waals surface area contributed by atoms with Crippen LogP contribution in [0.25, 0.3) is 10.4 Å². The minimum Gasteiger partial charge on any atom is -0.479 e.